The van der Waals surface area contributed by atoms with E-state index in [4.69, 9.17) is 22.0 Å². The van der Waals surface area contributed by atoms with Crippen molar-refractivity contribution in [1.29, 1.82) is 5.26 Å². The van der Waals surface area contributed by atoms with Gasteiger partial charge in [-0.2, -0.15) is 10.4 Å². The molecule has 0 fully saturated rings. The van der Waals surface area contributed by atoms with Crippen LogP contribution in [0.5, 0.6) is 0 Å². The second kappa shape index (κ2) is 9.69. The van der Waals surface area contributed by atoms with Crippen LogP contribution >= 0.6 is 23.5 Å². The maximum absolute atomic E-state index is 12.8. The second-order valence-corrected chi connectivity index (χ2v) is 8.33. The molecule has 0 spiro atoms. The zero-order valence-corrected chi connectivity index (χ0v) is 18.1. The van der Waals surface area contributed by atoms with Gasteiger partial charge >= 0.3 is 6.03 Å². The van der Waals surface area contributed by atoms with Gasteiger partial charge in [0.1, 0.15) is 0 Å². The Morgan fingerprint density at radius 1 is 1.06 bits per heavy atom. The molecule has 1 N–H and O–H groups in total. The van der Waals surface area contributed by atoms with E-state index in [1.807, 2.05) is 42.5 Å². The van der Waals surface area contributed by atoms with Crippen molar-refractivity contribution in [3.8, 4) is 6.07 Å². The predicted molar refractivity (Wildman–Crippen MR) is 124 cm³/mol. The minimum Gasteiger partial charge on any atom is -0.276 e. The monoisotopic (exact) mass is 446 g/mol. The molecule has 0 bridgehead atoms. The van der Waals surface area contributed by atoms with Crippen LogP contribution in [0.3, 0.4) is 0 Å². The summed E-state index contributed by atoms with van der Waals surface area (Å²) in [4.78, 5) is 13.6. The van der Waals surface area contributed by atoms with Gasteiger partial charge in [-0.05, 0) is 65.9 Å². The maximum Gasteiger partial charge on any atom is 0.348 e. The highest BCUT2D eigenvalue weighted by atomic mass is 35.5. The Labute approximate surface area is 190 Å². The number of hydrogen-bond acceptors (Lipinski definition) is 4. The fourth-order valence-electron chi connectivity index (χ4n) is 3.43. The molecule has 1 aliphatic rings. The summed E-state index contributed by atoms with van der Waals surface area (Å²) in [6, 6.07) is 26.6. The number of benzene rings is 3. The summed E-state index contributed by atoms with van der Waals surface area (Å²) in [5, 5.41) is 15.7. The van der Waals surface area contributed by atoms with Gasteiger partial charge in [0.15, 0.2) is 0 Å². The Kier molecular flexibility index (Phi) is 6.56. The predicted octanol–water partition coefficient (Wildman–Crippen LogP) is 5.82. The van der Waals surface area contributed by atoms with Crippen LogP contribution in [0, 0.1) is 11.3 Å². The number of carbonyl (C=O) groups is 1. The Hall–Kier alpha value is -3.27. The molecule has 4 rings (SSSR count). The Balaban J connectivity index is 1.55. The van der Waals surface area contributed by atoms with Crippen molar-refractivity contribution >= 4 is 35.3 Å². The molecule has 3 aromatic carbocycles. The molecule has 0 saturated carbocycles. The van der Waals surface area contributed by atoms with Crippen LogP contribution in [0.15, 0.2) is 88.9 Å². The highest BCUT2D eigenvalue weighted by Crippen LogP contribution is 2.30. The molecule has 0 aliphatic carbocycles. The molecule has 1 aliphatic heterocycles. The Morgan fingerprint density at radius 3 is 2.45 bits per heavy atom. The first-order valence-electron chi connectivity index (χ1n) is 9.78. The molecule has 0 aromatic heterocycles. The average molecular weight is 447 g/mol. The molecule has 0 saturated heterocycles. The number of hydrogen-bond donors (Lipinski definition) is 1. The lowest BCUT2D eigenvalue weighted by molar-refractivity contribution is 0.202. The molecule has 2 amide bonds. The smallest absolute Gasteiger partial charge is 0.276 e. The van der Waals surface area contributed by atoms with Crippen molar-refractivity contribution < 1.29 is 4.79 Å². The minimum atomic E-state index is -0.285. The quantitative estimate of drug-likeness (QED) is 0.513. The first kappa shape index (κ1) is 21.0. The van der Waals surface area contributed by atoms with Crippen LogP contribution in [-0.2, 0) is 0 Å². The van der Waals surface area contributed by atoms with E-state index in [1.54, 1.807) is 24.3 Å². The molecule has 3 aromatic rings. The summed E-state index contributed by atoms with van der Waals surface area (Å²) >= 11 is 7.27. The number of hydrazone groups is 1. The van der Waals surface area contributed by atoms with Crippen molar-refractivity contribution in [3.63, 3.8) is 0 Å². The summed E-state index contributed by atoms with van der Waals surface area (Å²) in [6.07, 6.45) is 0.764. The van der Waals surface area contributed by atoms with Gasteiger partial charge in [-0.3, -0.25) is 4.72 Å². The highest BCUT2D eigenvalue weighted by Gasteiger charge is 2.28. The number of carbonyl (C=O) groups excluding carboxylic acids is 1. The zero-order valence-electron chi connectivity index (χ0n) is 16.5. The first-order valence-corrected chi connectivity index (χ1v) is 11.0. The van der Waals surface area contributed by atoms with Crippen LogP contribution in [0.2, 0.25) is 5.02 Å². The highest BCUT2D eigenvalue weighted by molar-refractivity contribution is 7.98. The normalized spacial score (nSPS) is 15.7. The molecule has 31 heavy (non-hydrogen) atoms. The van der Waals surface area contributed by atoms with E-state index in [9.17, 15) is 4.79 Å². The van der Waals surface area contributed by atoms with Crippen LogP contribution in [0.25, 0.3) is 0 Å². The van der Waals surface area contributed by atoms with Crippen LogP contribution in [0.4, 0.5) is 4.79 Å². The van der Waals surface area contributed by atoms with Gasteiger partial charge in [-0.15, -0.1) is 0 Å². The summed E-state index contributed by atoms with van der Waals surface area (Å²) < 4.78 is 2.83. The molecule has 1 atom stereocenters. The molecular formula is C24H19ClN4OS. The summed E-state index contributed by atoms with van der Waals surface area (Å²) in [6.45, 7) is 0.510. The van der Waals surface area contributed by atoms with Crippen molar-refractivity contribution in [3.05, 3.63) is 101 Å². The number of nitriles is 1. The number of nitrogens with one attached hydrogen (secondary N) is 1. The molecule has 0 radical (unpaired) electrons. The van der Waals surface area contributed by atoms with E-state index in [-0.39, 0.29) is 11.9 Å². The number of rotatable bonds is 4. The van der Waals surface area contributed by atoms with Crippen LogP contribution < -0.4 is 4.72 Å². The lowest BCUT2D eigenvalue weighted by Crippen LogP contribution is -2.39. The van der Waals surface area contributed by atoms with Crippen LogP contribution in [0.1, 0.15) is 29.0 Å². The van der Waals surface area contributed by atoms with E-state index < -0.39 is 0 Å². The SMILES string of the molecule is N#Cc1ccc(SNC(=O)N2CCC(c3ccccc3)C(c3ccc(Cl)cc3)=N2)cc1. The largest absolute Gasteiger partial charge is 0.348 e. The van der Waals surface area contributed by atoms with Gasteiger partial charge in [-0.25, -0.2) is 9.80 Å². The minimum absolute atomic E-state index is 0.0950. The third-order valence-corrected chi connectivity index (χ3v) is 6.04. The van der Waals surface area contributed by atoms with E-state index >= 15 is 0 Å². The van der Waals surface area contributed by atoms with Gasteiger partial charge in [0.05, 0.1) is 17.3 Å². The number of halogens is 1. The number of nitrogens with zero attached hydrogens (tertiary/aromatic N) is 3. The van der Waals surface area contributed by atoms with E-state index in [2.05, 4.69) is 22.9 Å². The number of amides is 2. The molecule has 1 unspecified atom stereocenters. The lowest BCUT2D eigenvalue weighted by atomic mass is 9.86. The third kappa shape index (κ3) is 5.08. The average Bonchev–Trinajstić information content (AvgIpc) is 2.83. The molecule has 5 nitrogen and oxygen atoms in total. The molecule has 7 heteroatoms. The summed E-state index contributed by atoms with van der Waals surface area (Å²) in [5.74, 6) is 0.0950. The first-order chi connectivity index (χ1) is 15.1. The topological polar surface area (TPSA) is 68.5 Å². The standard InChI is InChI=1S/C24H19ClN4OS/c25-20-10-8-19(9-11-20)23-22(18-4-2-1-3-5-18)14-15-29(27-23)24(30)28-31-21-12-6-17(16-26)7-13-21/h1-13,22H,14-15H2,(H,28,30). The zero-order chi connectivity index (χ0) is 21.6. The molecule has 1 heterocycles. The van der Waals surface area contributed by atoms with Gasteiger partial charge < -0.3 is 0 Å². The molecular weight excluding hydrogens is 428 g/mol. The van der Waals surface area contributed by atoms with Crippen molar-refractivity contribution in [1.82, 2.24) is 9.73 Å². The van der Waals surface area contributed by atoms with E-state index in [0.29, 0.717) is 17.1 Å². The Morgan fingerprint density at radius 2 is 1.77 bits per heavy atom. The van der Waals surface area contributed by atoms with Crippen LogP contribution in [-0.4, -0.2) is 23.3 Å². The third-order valence-electron chi connectivity index (χ3n) is 5.00. The van der Waals surface area contributed by atoms with Crippen molar-refractivity contribution in [2.45, 2.75) is 17.2 Å². The van der Waals surface area contributed by atoms with Gasteiger partial charge in [0.25, 0.3) is 0 Å². The van der Waals surface area contributed by atoms with E-state index in [0.717, 1.165) is 22.6 Å². The fraction of sp³-hybridized carbons (Fsp3) is 0.125. The fourth-order valence-corrected chi connectivity index (χ4v) is 4.14. The van der Waals surface area contributed by atoms with Gasteiger partial charge in [0, 0.05) is 22.4 Å². The summed E-state index contributed by atoms with van der Waals surface area (Å²) in [7, 11) is 0. The second-order valence-electron chi connectivity index (χ2n) is 7.01. The van der Waals surface area contributed by atoms with Crippen molar-refractivity contribution in [2.75, 3.05) is 6.54 Å². The van der Waals surface area contributed by atoms with Crippen molar-refractivity contribution in [2.24, 2.45) is 5.10 Å². The molecule has 154 valence electrons. The lowest BCUT2D eigenvalue weighted by Gasteiger charge is -2.30. The maximum atomic E-state index is 12.8. The van der Waals surface area contributed by atoms with E-state index in [1.165, 1.54) is 22.5 Å². The summed E-state index contributed by atoms with van der Waals surface area (Å²) in [5.41, 5.74) is 3.53. The number of urea groups is 1. The Bertz CT molecular complexity index is 1120. The van der Waals surface area contributed by atoms with Gasteiger partial charge in [0.2, 0.25) is 0 Å². The van der Waals surface area contributed by atoms with Gasteiger partial charge in [-0.1, -0.05) is 54.1 Å².